The van der Waals surface area contributed by atoms with Gasteiger partial charge in [-0.2, -0.15) is 0 Å². The third kappa shape index (κ3) is 2.26. The van der Waals surface area contributed by atoms with Gasteiger partial charge in [0.1, 0.15) is 0 Å². The Balaban J connectivity index is 4.26. The van der Waals surface area contributed by atoms with E-state index in [1.165, 1.54) is 0 Å². The second-order valence-corrected chi connectivity index (χ2v) is 3.67. The minimum absolute atomic E-state index is 0.0758. The summed E-state index contributed by atoms with van der Waals surface area (Å²) in [5, 5.41) is 0. The van der Waals surface area contributed by atoms with E-state index in [-0.39, 0.29) is 5.41 Å². The van der Waals surface area contributed by atoms with Crippen LogP contribution >= 0.6 is 0 Å². The van der Waals surface area contributed by atoms with Crippen LogP contribution in [0, 0.1) is 5.41 Å². The fraction of sp³-hybridized carbons (Fsp3) is 0.833. The summed E-state index contributed by atoms with van der Waals surface area (Å²) in [6, 6.07) is 0. The summed E-state index contributed by atoms with van der Waals surface area (Å²) < 4.78 is 10.2. The van der Waals surface area contributed by atoms with Gasteiger partial charge >= 0.3 is 0 Å². The molecule has 0 aromatic carbocycles. The molecule has 0 aliphatic rings. The molecule has 0 N–H and O–H groups in total. The molecule has 0 aliphatic carbocycles. The maximum absolute atomic E-state index is 10.2. The van der Waals surface area contributed by atoms with E-state index in [9.17, 15) is 4.21 Å². The van der Waals surface area contributed by atoms with Gasteiger partial charge < -0.3 is 0 Å². The van der Waals surface area contributed by atoms with Crippen molar-refractivity contribution in [3.05, 3.63) is 0 Å². The van der Waals surface area contributed by atoms with Crippen molar-refractivity contribution in [3.63, 3.8) is 0 Å². The zero-order valence-corrected chi connectivity index (χ0v) is 6.63. The zero-order chi connectivity index (χ0) is 6.78. The molecule has 0 atom stereocenters. The molecule has 0 heterocycles. The third-order valence-corrected chi connectivity index (χ3v) is 2.04. The Morgan fingerprint density at radius 1 is 1.38 bits per heavy atom. The maximum Gasteiger partial charge on any atom is 0.0878 e. The van der Waals surface area contributed by atoms with Gasteiger partial charge in [0.05, 0.1) is 11.3 Å². The summed E-state index contributed by atoms with van der Waals surface area (Å²) in [6.07, 6.45) is 0. The van der Waals surface area contributed by atoms with Gasteiger partial charge in [0.15, 0.2) is 0 Å². The summed E-state index contributed by atoms with van der Waals surface area (Å²) in [7, 11) is 0. The highest BCUT2D eigenvalue weighted by Gasteiger charge is 2.12. The van der Waals surface area contributed by atoms with Gasteiger partial charge in [-0.3, -0.25) is 0 Å². The fourth-order valence-electron chi connectivity index (χ4n) is 0.125. The SMILES string of the molecule is CC(=S=O)C(C)(C)C. The van der Waals surface area contributed by atoms with Crippen molar-refractivity contribution in [1.82, 2.24) is 0 Å². The molecule has 1 nitrogen and oxygen atoms in total. The van der Waals surface area contributed by atoms with Crippen molar-refractivity contribution in [2.75, 3.05) is 0 Å². The minimum atomic E-state index is 0.0758. The molecule has 48 valence electrons. The van der Waals surface area contributed by atoms with Gasteiger partial charge in [0.25, 0.3) is 0 Å². The van der Waals surface area contributed by atoms with E-state index in [0.717, 1.165) is 4.86 Å². The highest BCUT2D eigenvalue weighted by atomic mass is 32.1. The first-order valence-corrected chi connectivity index (χ1v) is 3.36. The van der Waals surface area contributed by atoms with E-state index in [1.807, 2.05) is 27.7 Å². The lowest BCUT2D eigenvalue weighted by atomic mass is 9.93. The summed E-state index contributed by atoms with van der Waals surface area (Å²) in [5.41, 5.74) is 0.0758. The van der Waals surface area contributed by atoms with E-state index in [1.54, 1.807) is 0 Å². The topological polar surface area (TPSA) is 17.1 Å². The van der Waals surface area contributed by atoms with Crippen molar-refractivity contribution < 1.29 is 4.21 Å². The highest BCUT2D eigenvalue weighted by Crippen LogP contribution is 2.13. The maximum atomic E-state index is 10.2. The molecule has 0 unspecified atom stereocenters. The monoisotopic (exact) mass is 132 g/mol. The average Bonchev–Trinajstić information content (AvgIpc) is 1.62. The Morgan fingerprint density at radius 3 is 1.75 bits per heavy atom. The lowest BCUT2D eigenvalue weighted by Crippen LogP contribution is -2.15. The van der Waals surface area contributed by atoms with Crippen LogP contribution in [0.2, 0.25) is 0 Å². The van der Waals surface area contributed by atoms with Crippen molar-refractivity contribution in [2.24, 2.45) is 5.41 Å². The Bertz CT molecular complexity index is 126. The molecule has 8 heavy (non-hydrogen) atoms. The van der Waals surface area contributed by atoms with Crippen molar-refractivity contribution in [1.29, 1.82) is 0 Å². The molecule has 0 fully saturated rings. The summed E-state index contributed by atoms with van der Waals surface area (Å²) in [5.74, 6) is 0. The van der Waals surface area contributed by atoms with Gasteiger partial charge in [-0.15, -0.1) is 0 Å². The molecular weight excluding hydrogens is 120 g/mol. The van der Waals surface area contributed by atoms with Crippen LogP contribution in [-0.4, -0.2) is 9.07 Å². The van der Waals surface area contributed by atoms with Crippen LogP contribution in [0.1, 0.15) is 27.7 Å². The molecule has 0 rings (SSSR count). The molecule has 0 saturated heterocycles. The first-order valence-electron chi connectivity index (χ1n) is 2.62. The molecule has 0 aromatic heterocycles. The molecule has 0 saturated carbocycles. The number of hydrogen-bond donors (Lipinski definition) is 0. The molecule has 0 amide bonds. The number of hydrogen-bond acceptors (Lipinski definition) is 1. The van der Waals surface area contributed by atoms with Gasteiger partial charge in [0, 0.05) is 4.86 Å². The lowest BCUT2D eigenvalue weighted by molar-refractivity contribution is 0.596. The highest BCUT2D eigenvalue weighted by molar-refractivity contribution is 7.66. The summed E-state index contributed by atoms with van der Waals surface area (Å²) in [4.78, 5) is 0.942. The van der Waals surface area contributed by atoms with Crippen LogP contribution in [0.3, 0.4) is 0 Å². The van der Waals surface area contributed by atoms with Crippen LogP contribution in [0.4, 0.5) is 0 Å². The van der Waals surface area contributed by atoms with Gasteiger partial charge in [-0.25, -0.2) is 4.21 Å². The van der Waals surface area contributed by atoms with E-state index in [4.69, 9.17) is 0 Å². The van der Waals surface area contributed by atoms with Gasteiger partial charge in [-0.05, 0) is 12.3 Å². The van der Waals surface area contributed by atoms with Crippen LogP contribution in [0.15, 0.2) is 0 Å². The van der Waals surface area contributed by atoms with Crippen molar-refractivity contribution >= 4 is 16.1 Å². The van der Waals surface area contributed by atoms with E-state index in [2.05, 4.69) is 0 Å². The largest absolute Gasteiger partial charge is 0.212 e. The standard InChI is InChI=1S/C6H12OS/c1-5(8-7)6(2,3)4/h1-4H3. The minimum Gasteiger partial charge on any atom is -0.212 e. The molecule has 2 heteroatoms. The van der Waals surface area contributed by atoms with Gasteiger partial charge in [-0.1, -0.05) is 20.8 Å². The van der Waals surface area contributed by atoms with Crippen LogP contribution in [0.25, 0.3) is 0 Å². The smallest absolute Gasteiger partial charge is 0.0878 e. The lowest BCUT2D eigenvalue weighted by Gasteiger charge is -2.14. The van der Waals surface area contributed by atoms with Crippen molar-refractivity contribution in [2.45, 2.75) is 27.7 Å². The van der Waals surface area contributed by atoms with Crippen molar-refractivity contribution in [3.8, 4) is 0 Å². The second kappa shape index (κ2) is 2.44. The first-order chi connectivity index (χ1) is 3.48. The molecule has 0 spiro atoms. The molecule has 0 aromatic rings. The normalized spacial score (nSPS) is 11.0. The molecular formula is C6H12OS. The van der Waals surface area contributed by atoms with Gasteiger partial charge in [0.2, 0.25) is 0 Å². The molecule has 0 bridgehead atoms. The van der Waals surface area contributed by atoms with Crippen LogP contribution in [-0.2, 0) is 11.3 Å². The molecule has 0 radical (unpaired) electrons. The summed E-state index contributed by atoms with van der Waals surface area (Å²) in [6.45, 7) is 7.98. The van der Waals surface area contributed by atoms with E-state index >= 15 is 0 Å². The number of rotatable bonds is 0. The third-order valence-electron chi connectivity index (χ3n) is 1.18. The quantitative estimate of drug-likeness (QED) is 0.456. The first kappa shape index (κ1) is 7.89. The zero-order valence-electron chi connectivity index (χ0n) is 5.82. The average molecular weight is 132 g/mol. The Labute approximate surface area is 54.2 Å². The Morgan fingerprint density at radius 2 is 1.75 bits per heavy atom. The Kier molecular flexibility index (Phi) is 2.41. The van der Waals surface area contributed by atoms with Crippen LogP contribution < -0.4 is 0 Å². The second-order valence-electron chi connectivity index (χ2n) is 2.89. The predicted octanol–water partition coefficient (Wildman–Crippen LogP) is 1.44. The molecule has 0 aliphatic heterocycles. The van der Waals surface area contributed by atoms with E-state index < -0.39 is 0 Å². The van der Waals surface area contributed by atoms with Crippen LogP contribution in [0.5, 0.6) is 0 Å². The predicted molar refractivity (Wildman–Crippen MR) is 38.3 cm³/mol. The summed E-state index contributed by atoms with van der Waals surface area (Å²) >= 11 is 0.598. The van der Waals surface area contributed by atoms with E-state index in [0.29, 0.717) is 11.3 Å². The fourth-order valence-corrected chi connectivity index (χ4v) is 0.375. The Hall–Kier alpha value is -0.110.